The van der Waals surface area contributed by atoms with Crippen LogP contribution in [0.4, 0.5) is 18.9 Å². The molecule has 0 unspecified atom stereocenters. The molecular formula is C18H19F3N2O. The predicted molar refractivity (Wildman–Crippen MR) is 87.6 cm³/mol. The highest BCUT2D eigenvalue weighted by Crippen LogP contribution is 2.30. The van der Waals surface area contributed by atoms with Gasteiger partial charge in [-0.15, -0.1) is 0 Å². The Labute approximate surface area is 138 Å². The van der Waals surface area contributed by atoms with E-state index in [-0.39, 0.29) is 11.6 Å². The van der Waals surface area contributed by atoms with Gasteiger partial charge in [0, 0.05) is 12.2 Å². The van der Waals surface area contributed by atoms with Crippen molar-refractivity contribution in [3.8, 4) is 0 Å². The number of carbonyl (C=O) groups is 1. The molecule has 2 aromatic carbocycles. The molecule has 0 aromatic heterocycles. The third-order valence-electron chi connectivity index (χ3n) is 3.58. The number of rotatable bonds is 5. The Balaban J connectivity index is 1.93. The minimum Gasteiger partial charge on any atom is -0.325 e. The van der Waals surface area contributed by atoms with Crippen molar-refractivity contribution in [2.75, 3.05) is 5.32 Å². The van der Waals surface area contributed by atoms with Gasteiger partial charge in [0.25, 0.3) is 0 Å². The van der Waals surface area contributed by atoms with Crippen LogP contribution in [-0.4, -0.2) is 11.9 Å². The van der Waals surface area contributed by atoms with Crippen LogP contribution in [0.3, 0.4) is 0 Å². The van der Waals surface area contributed by atoms with Crippen molar-refractivity contribution in [2.24, 2.45) is 0 Å². The van der Waals surface area contributed by atoms with E-state index in [1.54, 1.807) is 6.92 Å². The van der Waals surface area contributed by atoms with Gasteiger partial charge in [0.1, 0.15) is 0 Å². The first-order chi connectivity index (χ1) is 11.3. The summed E-state index contributed by atoms with van der Waals surface area (Å²) >= 11 is 0. The van der Waals surface area contributed by atoms with E-state index >= 15 is 0 Å². The Kier molecular flexibility index (Phi) is 5.62. The Morgan fingerprint density at radius 3 is 2.42 bits per heavy atom. The second-order valence-electron chi connectivity index (χ2n) is 5.66. The lowest BCUT2D eigenvalue weighted by Crippen LogP contribution is -2.37. The molecule has 0 saturated carbocycles. The molecular weight excluding hydrogens is 317 g/mol. The van der Waals surface area contributed by atoms with Gasteiger partial charge in [-0.05, 0) is 37.6 Å². The largest absolute Gasteiger partial charge is 0.416 e. The van der Waals surface area contributed by atoms with Crippen LogP contribution in [0, 0.1) is 6.92 Å². The Hall–Kier alpha value is -2.34. The summed E-state index contributed by atoms with van der Waals surface area (Å²) in [5, 5.41) is 5.55. The smallest absolute Gasteiger partial charge is 0.325 e. The zero-order valence-electron chi connectivity index (χ0n) is 13.4. The fourth-order valence-electron chi connectivity index (χ4n) is 2.09. The Bertz CT molecular complexity index is 696. The topological polar surface area (TPSA) is 41.1 Å². The molecule has 0 saturated heterocycles. The quantitative estimate of drug-likeness (QED) is 0.862. The predicted octanol–water partition coefficient (Wildman–Crippen LogP) is 4.13. The molecule has 0 spiro atoms. The SMILES string of the molecule is Cc1ccc(CN[C@@H](C)C(=O)Nc2cccc(C(F)(F)F)c2)cc1. The van der Waals surface area contributed by atoms with Gasteiger partial charge in [0.2, 0.25) is 5.91 Å². The average molecular weight is 336 g/mol. The van der Waals surface area contributed by atoms with Gasteiger partial charge < -0.3 is 10.6 Å². The third kappa shape index (κ3) is 5.09. The molecule has 0 heterocycles. The van der Waals surface area contributed by atoms with Crippen molar-refractivity contribution in [1.29, 1.82) is 0 Å². The third-order valence-corrected chi connectivity index (χ3v) is 3.58. The van der Waals surface area contributed by atoms with E-state index in [1.807, 2.05) is 31.2 Å². The summed E-state index contributed by atoms with van der Waals surface area (Å²) in [6, 6.07) is 11.9. The molecule has 1 amide bonds. The molecule has 0 fully saturated rings. The van der Waals surface area contributed by atoms with Crippen molar-refractivity contribution in [3.63, 3.8) is 0 Å². The minimum absolute atomic E-state index is 0.124. The Morgan fingerprint density at radius 2 is 1.79 bits per heavy atom. The number of carbonyl (C=O) groups excluding carboxylic acids is 1. The fraction of sp³-hybridized carbons (Fsp3) is 0.278. The van der Waals surface area contributed by atoms with Gasteiger partial charge in [-0.3, -0.25) is 4.79 Å². The molecule has 2 aromatic rings. The van der Waals surface area contributed by atoms with Gasteiger partial charge in [-0.2, -0.15) is 13.2 Å². The molecule has 24 heavy (non-hydrogen) atoms. The van der Waals surface area contributed by atoms with Crippen LogP contribution in [0.1, 0.15) is 23.6 Å². The van der Waals surface area contributed by atoms with E-state index in [4.69, 9.17) is 0 Å². The van der Waals surface area contributed by atoms with Crippen molar-refractivity contribution >= 4 is 11.6 Å². The zero-order chi connectivity index (χ0) is 17.7. The first-order valence-corrected chi connectivity index (χ1v) is 7.53. The van der Waals surface area contributed by atoms with Crippen LogP contribution in [0.2, 0.25) is 0 Å². The summed E-state index contributed by atoms with van der Waals surface area (Å²) in [5.41, 5.74) is 1.51. The number of hydrogen-bond donors (Lipinski definition) is 2. The van der Waals surface area contributed by atoms with E-state index in [1.165, 1.54) is 12.1 Å². The minimum atomic E-state index is -4.43. The molecule has 0 aliphatic carbocycles. The van der Waals surface area contributed by atoms with Crippen LogP contribution in [0.5, 0.6) is 0 Å². The average Bonchev–Trinajstić information content (AvgIpc) is 2.53. The highest BCUT2D eigenvalue weighted by molar-refractivity contribution is 5.94. The van der Waals surface area contributed by atoms with Crippen molar-refractivity contribution in [1.82, 2.24) is 5.32 Å². The lowest BCUT2D eigenvalue weighted by atomic mass is 10.1. The molecule has 2 rings (SSSR count). The molecule has 2 N–H and O–H groups in total. The van der Waals surface area contributed by atoms with E-state index in [0.29, 0.717) is 6.54 Å². The maximum absolute atomic E-state index is 12.7. The molecule has 0 radical (unpaired) electrons. The van der Waals surface area contributed by atoms with Crippen molar-refractivity contribution in [2.45, 2.75) is 32.6 Å². The molecule has 0 aliphatic heterocycles. The molecule has 6 heteroatoms. The van der Waals surface area contributed by atoms with Gasteiger partial charge in [0.05, 0.1) is 11.6 Å². The highest BCUT2D eigenvalue weighted by Gasteiger charge is 2.30. The van der Waals surface area contributed by atoms with Crippen LogP contribution in [0.15, 0.2) is 48.5 Å². The maximum Gasteiger partial charge on any atom is 0.416 e. The van der Waals surface area contributed by atoms with Crippen LogP contribution >= 0.6 is 0 Å². The van der Waals surface area contributed by atoms with Crippen molar-refractivity contribution < 1.29 is 18.0 Å². The summed E-state index contributed by atoms with van der Waals surface area (Å²) in [6.07, 6.45) is -4.43. The maximum atomic E-state index is 12.7. The number of hydrogen-bond acceptors (Lipinski definition) is 2. The molecule has 128 valence electrons. The summed E-state index contributed by atoms with van der Waals surface area (Å²) in [6.45, 7) is 4.15. The zero-order valence-corrected chi connectivity index (χ0v) is 13.4. The lowest BCUT2D eigenvalue weighted by Gasteiger charge is -2.15. The normalized spacial score (nSPS) is 12.7. The standard InChI is InChI=1S/C18H19F3N2O/c1-12-6-8-14(9-7-12)11-22-13(2)17(24)23-16-5-3-4-15(10-16)18(19,20)21/h3-10,13,22H,11H2,1-2H3,(H,23,24)/t13-/m0/s1. The van der Waals surface area contributed by atoms with Gasteiger partial charge in [0.15, 0.2) is 0 Å². The van der Waals surface area contributed by atoms with Crippen LogP contribution in [0.25, 0.3) is 0 Å². The van der Waals surface area contributed by atoms with Gasteiger partial charge >= 0.3 is 6.18 Å². The number of amides is 1. The number of nitrogens with one attached hydrogen (secondary N) is 2. The summed E-state index contributed by atoms with van der Waals surface area (Å²) in [5.74, 6) is -0.388. The number of halogens is 3. The fourth-order valence-corrected chi connectivity index (χ4v) is 2.09. The van der Waals surface area contributed by atoms with Gasteiger partial charge in [-0.1, -0.05) is 35.9 Å². The van der Waals surface area contributed by atoms with Gasteiger partial charge in [-0.25, -0.2) is 0 Å². The summed E-state index contributed by atoms with van der Waals surface area (Å²) in [4.78, 5) is 12.1. The highest BCUT2D eigenvalue weighted by atomic mass is 19.4. The van der Waals surface area contributed by atoms with E-state index in [0.717, 1.165) is 23.3 Å². The number of aryl methyl sites for hydroxylation is 1. The first-order valence-electron chi connectivity index (χ1n) is 7.53. The van der Waals surface area contributed by atoms with Crippen LogP contribution < -0.4 is 10.6 Å². The number of benzene rings is 2. The molecule has 0 aliphatic rings. The molecule has 0 bridgehead atoms. The summed E-state index contributed by atoms with van der Waals surface area (Å²) in [7, 11) is 0. The van der Waals surface area contributed by atoms with E-state index in [9.17, 15) is 18.0 Å². The lowest BCUT2D eigenvalue weighted by molar-refractivity contribution is -0.137. The molecule has 3 nitrogen and oxygen atoms in total. The van der Waals surface area contributed by atoms with E-state index in [2.05, 4.69) is 10.6 Å². The first kappa shape index (κ1) is 18.0. The number of alkyl halides is 3. The van der Waals surface area contributed by atoms with E-state index < -0.39 is 17.8 Å². The molecule has 1 atom stereocenters. The Morgan fingerprint density at radius 1 is 1.12 bits per heavy atom. The summed E-state index contributed by atoms with van der Waals surface area (Å²) < 4.78 is 38.0. The van der Waals surface area contributed by atoms with Crippen molar-refractivity contribution in [3.05, 3.63) is 65.2 Å². The second kappa shape index (κ2) is 7.49. The van der Waals surface area contributed by atoms with Crippen LogP contribution in [-0.2, 0) is 17.5 Å². The monoisotopic (exact) mass is 336 g/mol. The second-order valence-corrected chi connectivity index (χ2v) is 5.66. The number of anilines is 1.